The number of halogens is 2. The van der Waals surface area contributed by atoms with Crippen molar-refractivity contribution in [3.63, 3.8) is 0 Å². The second kappa shape index (κ2) is 5.37. The minimum absolute atomic E-state index is 0.353. The van der Waals surface area contributed by atoms with E-state index in [-0.39, 0.29) is 0 Å². The van der Waals surface area contributed by atoms with Crippen molar-refractivity contribution < 1.29 is 0 Å². The molecule has 2 heterocycles. The SMILES string of the molecule is ClCC1CSCCN1c1ncc(Br)cn1. The standard InChI is InChI=1S/C9H11BrClN3S/c10-7-4-12-9(13-5-7)14-1-2-15-6-8(14)3-11/h4-5,8H,1-3,6H2. The maximum atomic E-state index is 5.94. The first kappa shape index (κ1) is 11.5. The molecule has 1 unspecified atom stereocenters. The molecule has 0 bridgehead atoms. The molecule has 2 rings (SSSR count). The molecule has 1 aliphatic heterocycles. The van der Waals surface area contributed by atoms with Crippen molar-refractivity contribution in [1.82, 2.24) is 9.97 Å². The van der Waals surface area contributed by atoms with Crippen molar-refractivity contribution in [3.8, 4) is 0 Å². The van der Waals surface area contributed by atoms with Crippen LogP contribution in [0.3, 0.4) is 0 Å². The van der Waals surface area contributed by atoms with Crippen LogP contribution < -0.4 is 4.90 Å². The van der Waals surface area contributed by atoms with Crippen LogP contribution in [0, 0.1) is 0 Å². The molecule has 1 aromatic heterocycles. The molecule has 1 aromatic rings. The molecular weight excluding hydrogens is 298 g/mol. The summed E-state index contributed by atoms with van der Waals surface area (Å²) in [6.07, 6.45) is 3.55. The highest BCUT2D eigenvalue weighted by Crippen LogP contribution is 2.22. The summed E-state index contributed by atoms with van der Waals surface area (Å²) in [7, 11) is 0. The van der Waals surface area contributed by atoms with Gasteiger partial charge in [0.05, 0.1) is 10.5 Å². The molecule has 1 fully saturated rings. The Bertz CT molecular complexity index is 322. The highest BCUT2D eigenvalue weighted by Gasteiger charge is 2.23. The lowest BCUT2D eigenvalue weighted by Crippen LogP contribution is -2.44. The summed E-state index contributed by atoms with van der Waals surface area (Å²) in [5.41, 5.74) is 0. The third-order valence-electron chi connectivity index (χ3n) is 2.27. The van der Waals surface area contributed by atoms with Crippen LogP contribution >= 0.6 is 39.3 Å². The molecule has 1 atom stereocenters. The van der Waals surface area contributed by atoms with Gasteiger partial charge in [0.2, 0.25) is 5.95 Å². The number of alkyl halides is 1. The van der Waals surface area contributed by atoms with Crippen molar-refractivity contribution in [2.24, 2.45) is 0 Å². The molecule has 0 amide bonds. The van der Waals surface area contributed by atoms with Crippen LogP contribution in [-0.2, 0) is 0 Å². The molecule has 0 aromatic carbocycles. The first-order valence-corrected chi connectivity index (χ1v) is 7.17. The van der Waals surface area contributed by atoms with Gasteiger partial charge in [0.1, 0.15) is 0 Å². The quantitative estimate of drug-likeness (QED) is 0.785. The first-order valence-electron chi connectivity index (χ1n) is 4.69. The minimum atomic E-state index is 0.353. The summed E-state index contributed by atoms with van der Waals surface area (Å²) in [6, 6.07) is 0.353. The highest BCUT2D eigenvalue weighted by atomic mass is 79.9. The fraction of sp³-hybridized carbons (Fsp3) is 0.556. The van der Waals surface area contributed by atoms with E-state index in [1.807, 2.05) is 11.8 Å². The average Bonchev–Trinajstić information content (AvgIpc) is 2.30. The van der Waals surface area contributed by atoms with Crippen LogP contribution in [-0.4, -0.2) is 39.9 Å². The van der Waals surface area contributed by atoms with E-state index < -0.39 is 0 Å². The number of hydrogen-bond donors (Lipinski definition) is 0. The Kier molecular flexibility index (Phi) is 4.11. The van der Waals surface area contributed by atoms with E-state index in [1.165, 1.54) is 0 Å². The zero-order valence-electron chi connectivity index (χ0n) is 8.07. The fourth-order valence-corrected chi connectivity index (χ4v) is 3.17. The van der Waals surface area contributed by atoms with Gasteiger partial charge in [0, 0.05) is 36.3 Å². The summed E-state index contributed by atoms with van der Waals surface area (Å²) >= 11 is 11.2. The Morgan fingerprint density at radius 2 is 2.27 bits per heavy atom. The van der Waals surface area contributed by atoms with Crippen LogP contribution in [0.1, 0.15) is 0 Å². The highest BCUT2D eigenvalue weighted by molar-refractivity contribution is 9.10. The average molecular weight is 309 g/mol. The van der Waals surface area contributed by atoms with E-state index in [0.29, 0.717) is 11.9 Å². The van der Waals surface area contributed by atoms with Gasteiger partial charge in [0.15, 0.2) is 0 Å². The number of rotatable bonds is 2. The molecule has 82 valence electrons. The summed E-state index contributed by atoms with van der Waals surface area (Å²) < 4.78 is 0.903. The van der Waals surface area contributed by atoms with Crippen molar-refractivity contribution in [3.05, 3.63) is 16.9 Å². The lowest BCUT2D eigenvalue weighted by Gasteiger charge is -2.34. The predicted octanol–water partition coefficient (Wildman–Crippen LogP) is 2.40. The molecule has 0 aliphatic carbocycles. The zero-order chi connectivity index (χ0) is 10.7. The molecule has 0 spiro atoms. The Morgan fingerprint density at radius 3 is 2.93 bits per heavy atom. The second-order valence-corrected chi connectivity index (χ2v) is 5.65. The van der Waals surface area contributed by atoms with E-state index in [2.05, 4.69) is 30.8 Å². The summed E-state index contributed by atoms with van der Waals surface area (Å²) in [5, 5.41) is 0. The largest absolute Gasteiger partial charge is 0.335 e. The molecule has 0 saturated carbocycles. The molecule has 1 saturated heterocycles. The second-order valence-electron chi connectivity index (χ2n) is 3.28. The molecule has 0 N–H and O–H groups in total. The first-order chi connectivity index (χ1) is 7.31. The molecule has 15 heavy (non-hydrogen) atoms. The van der Waals surface area contributed by atoms with Gasteiger partial charge < -0.3 is 4.90 Å². The summed E-state index contributed by atoms with van der Waals surface area (Å²) in [6.45, 7) is 0.976. The molecule has 6 heteroatoms. The van der Waals surface area contributed by atoms with Crippen molar-refractivity contribution in [2.75, 3.05) is 28.8 Å². The van der Waals surface area contributed by atoms with Crippen LogP contribution in [0.15, 0.2) is 16.9 Å². The monoisotopic (exact) mass is 307 g/mol. The number of aromatic nitrogens is 2. The van der Waals surface area contributed by atoms with E-state index in [4.69, 9.17) is 11.6 Å². The Morgan fingerprint density at radius 1 is 1.53 bits per heavy atom. The Labute approximate surface area is 107 Å². The van der Waals surface area contributed by atoms with Gasteiger partial charge >= 0.3 is 0 Å². The van der Waals surface area contributed by atoms with E-state index >= 15 is 0 Å². The van der Waals surface area contributed by atoms with Gasteiger partial charge in [-0.1, -0.05) is 0 Å². The zero-order valence-corrected chi connectivity index (χ0v) is 11.2. The summed E-state index contributed by atoms with van der Waals surface area (Å²) in [4.78, 5) is 10.8. The lowest BCUT2D eigenvalue weighted by atomic mass is 10.3. The molecule has 3 nitrogen and oxygen atoms in total. The number of anilines is 1. The normalized spacial score (nSPS) is 21.7. The van der Waals surface area contributed by atoms with Crippen LogP contribution in [0.5, 0.6) is 0 Å². The van der Waals surface area contributed by atoms with Crippen molar-refractivity contribution in [1.29, 1.82) is 0 Å². The lowest BCUT2D eigenvalue weighted by molar-refractivity contribution is 0.682. The Balaban J connectivity index is 2.16. The smallest absolute Gasteiger partial charge is 0.225 e. The topological polar surface area (TPSA) is 29.0 Å². The van der Waals surface area contributed by atoms with Gasteiger partial charge in [-0.3, -0.25) is 0 Å². The van der Waals surface area contributed by atoms with Gasteiger partial charge in [-0.2, -0.15) is 11.8 Å². The minimum Gasteiger partial charge on any atom is -0.335 e. The van der Waals surface area contributed by atoms with E-state index in [9.17, 15) is 0 Å². The number of nitrogens with zero attached hydrogens (tertiary/aromatic N) is 3. The Hall–Kier alpha value is -0.000000000000000167. The third kappa shape index (κ3) is 2.77. The third-order valence-corrected chi connectivity index (χ3v) is 4.13. The summed E-state index contributed by atoms with van der Waals surface area (Å²) in [5.74, 6) is 3.59. The molecule has 1 aliphatic rings. The van der Waals surface area contributed by atoms with E-state index in [1.54, 1.807) is 12.4 Å². The van der Waals surface area contributed by atoms with Gasteiger partial charge in [-0.05, 0) is 15.9 Å². The van der Waals surface area contributed by atoms with Crippen LogP contribution in [0.25, 0.3) is 0 Å². The fourth-order valence-electron chi connectivity index (χ4n) is 1.50. The number of hydrogen-bond acceptors (Lipinski definition) is 4. The van der Waals surface area contributed by atoms with Gasteiger partial charge in [-0.25, -0.2) is 9.97 Å². The van der Waals surface area contributed by atoms with Gasteiger partial charge in [-0.15, -0.1) is 11.6 Å². The molecular formula is C9H11BrClN3S. The predicted molar refractivity (Wildman–Crippen MR) is 68.9 cm³/mol. The maximum absolute atomic E-state index is 5.94. The number of thioether (sulfide) groups is 1. The van der Waals surface area contributed by atoms with Crippen LogP contribution in [0.2, 0.25) is 0 Å². The van der Waals surface area contributed by atoms with Crippen molar-refractivity contribution >= 4 is 45.2 Å². The van der Waals surface area contributed by atoms with Crippen LogP contribution in [0.4, 0.5) is 5.95 Å². The van der Waals surface area contributed by atoms with E-state index in [0.717, 1.165) is 28.5 Å². The molecule has 0 radical (unpaired) electrons. The maximum Gasteiger partial charge on any atom is 0.225 e. The van der Waals surface area contributed by atoms with Gasteiger partial charge in [0.25, 0.3) is 0 Å². The van der Waals surface area contributed by atoms with Crippen molar-refractivity contribution in [2.45, 2.75) is 6.04 Å².